The summed E-state index contributed by atoms with van der Waals surface area (Å²) in [6.07, 6.45) is 0. The van der Waals surface area contributed by atoms with Crippen LogP contribution < -0.4 is 4.72 Å². The summed E-state index contributed by atoms with van der Waals surface area (Å²) in [5, 5.41) is 6.95. The zero-order chi connectivity index (χ0) is 18.9. The minimum Gasteiger partial charge on any atom is -0.260 e. The standard InChI is InChI=1S/C18H20ClN3O2S2/c1-12-10-13(2)22(21-12)16(17-7-5-9-25-17)11-20-26(23,24)18-8-4-6-15(19)14(18)3/h4-10,16,20H,11H2,1-3H3. The van der Waals surface area contributed by atoms with E-state index >= 15 is 0 Å². The lowest BCUT2D eigenvalue weighted by molar-refractivity contribution is 0.499. The molecule has 0 aliphatic rings. The monoisotopic (exact) mass is 409 g/mol. The van der Waals surface area contributed by atoms with Gasteiger partial charge in [0.05, 0.1) is 16.6 Å². The van der Waals surface area contributed by atoms with Crippen molar-refractivity contribution in [3.05, 3.63) is 68.6 Å². The molecule has 0 fully saturated rings. The van der Waals surface area contributed by atoms with E-state index in [1.165, 1.54) is 0 Å². The number of sulfonamides is 1. The maximum atomic E-state index is 12.8. The van der Waals surface area contributed by atoms with Gasteiger partial charge in [-0.05, 0) is 56.0 Å². The van der Waals surface area contributed by atoms with E-state index < -0.39 is 10.0 Å². The van der Waals surface area contributed by atoms with Gasteiger partial charge in [-0.1, -0.05) is 23.7 Å². The highest BCUT2D eigenvalue weighted by molar-refractivity contribution is 7.89. The fourth-order valence-corrected chi connectivity index (χ4v) is 5.24. The largest absolute Gasteiger partial charge is 0.260 e. The van der Waals surface area contributed by atoms with Crippen LogP contribution in [0.15, 0.2) is 46.7 Å². The van der Waals surface area contributed by atoms with Crippen LogP contribution in [0.5, 0.6) is 0 Å². The molecule has 2 aromatic heterocycles. The number of benzene rings is 1. The van der Waals surface area contributed by atoms with E-state index in [9.17, 15) is 8.42 Å². The molecule has 3 rings (SSSR count). The lowest BCUT2D eigenvalue weighted by atomic mass is 10.2. The number of hydrogen-bond acceptors (Lipinski definition) is 4. The van der Waals surface area contributed by atoms with Gasteiger partial charge in [-0.3, -0.25) is 4.68 Å². The molecule has 0 bridgehead atoms. The van der Waals surface area contributed by atoms with Crippen LogP contribution in [0, 0.1) is 20.8 Å². The first-order chi connectivity index (χ1) is 12.3. The summed E-state index contributed by atoms with van der Waals surface area (Å²) in [6, 6.07) is 10.6. The van der Waals surface area contributed by atoms with Crippen LogP contribution in [0.25, 0.3) is 0 Å². The van der Waals surface area contributed by atoms with E-state index in [-0.39, 0.29) is 17.5 Å². The highest BCUT2D eigenvalue weighted by Gasteiger charge is 2.23. The van der Waals surface area contributed by atoms with E-state index in [0.717, 1.165) is 16.3 Å². The van der Waals surface area contributed by atoms with E-state index in [4.69, 9.17) is 11.6 Å². The molecule has 0 aliphatic carbocycles. The van der Waals surface area contributed by atoms with Crippen LogP contribution in [0.1, 0.15) is 27.9 Å². The molecule has 1 unspecified atom stereocenters. The molecule has 0 saturated heterocycles. The van der Waals surface area contributed by atoms with Gasteiger partial charge >= 0.3 is 0 Å². The number of hydrogen-bond donors (Lipinski definition) is 1. The second-order valence-corrected chi connectivity index (χ2v) is 9.24. The summed E-state index contributed by atoms with van der Waals surface area (Å²) in [6.45, 7) is 5.80. The Bertz CT molecular complexity index is 1010. The SMILES string of the molecule is Cc1cc(C)n(C(CNS(=O)(=O)c2cccc(Cl)c2C)c2cccs2)n1. The molecule has 0 aliphatic heterocycles. The fraction of sp³-hybridized carbons (Fsp3) is 0.278. The van der Waals surface area contributed by atoms with Gasteiger partial charge in [0.2, 0.25) is 10.0 Å². The molecule has 1 N–H and O–H groups in total. The van der Waals surface area contributed by atoms with Gasteiger partial charge in [-0.2, -0.15) is 5.10 Å². The summed E-state index contributed by atoms with van der Waals surface area (Å²) < 4.78 is 30.2. The Labute approximate surface area is 162 Å². The molecule has 8 heteroatoms. The quantitative estimate of drug-likeness (QED) is 0.666. The number of thiophene rings is 1. The second kappa shape index (κ2) is 7.52. The zero-order valence-electron chi connectivity index (χ0n) is 14.7. The molecular formula is C18H20ClN3O2S2. The Morgan fingerprint density at radius 2 is 2.00 bits per heavy atom. The first-order valence-corrected chi connectivity index (χ1v) is 10.8. The van der Waals surface area contributed by atoms with Gasteiger partial charge in [0.1, 0.15) is 0 Å². The normalized spacial score (nSPS) is 13.1. The summed E-state index contributed by atoms with van der Waals surface area (Å²) in [7, 11) is -3.68. The third kappa shape index (κ3) is 3.86. The maximum Gasteiger partial charge on any atom is 0.240 e. The van der Waals surface area contributed by atoms with Crippen LogP contribution in [0.2, 0.25) is 5.02 Å². The van der Waals surface area contributed by atoms with Gasteiger partial charge in [0.25, 0.3) is 0 Å². The highest BCUT2D eigenvalue weighted by Crippen LogP contribution is 2.26. The molecule has 138 valence electrons. The smallest absolute Gasteiger partial charge is 0.240 e. The predicted molar refractivity (Wildman–Crippen MR) is 106 cm³/mol. The van der Waals surface area contributed by atoms with Crippen LogP contribution in [-0.4, -0.2) is 24.7 Å². The summed E-state index contributed by atoms with van der Waals surface area (Å²) in [5.74, 6) is 0. The van der Waals surface area contributed by atoms with Crippen LogP contribution in [-0.2, 0) is 10.0 Å². The van der Waals surface area contributed by atoms with E-state index in [0.29, 0.717) is 10.6 Å². The number of nitrogens with zero attached hydrogens (tertiary/aromatic N) is 2. The molecule has 0 amide bonds. The van der Waals surface area contributed by atoms with Gasteiger partial charge in [0.15, 0.2) is 0 Å². The second-order valence-electron chi connectivity index (χ2n) is 6.12. The van der Waals surface area contributed by atoms with Gasteiger partial charge < -0.3 is 0 Å². The first-order valence-electron chi connectivity index (χ1n) is 8.10. The number of aromatic nitrogens is 2. The molecular weight excluding hydrogens is 390 g/mol. The number of rotatable bonds is 6. The highest BCUT2D eigenvalue weighted by atomic mass is 35.5. The van der Waals surface area contributed by atoms with Crippen LogP contribution in [0.3, 0.4) is 0 Å². The Balaban J connectivity index is 1.91. The van der Waals surface area contributed by atoms with Crippen molar-refractivity contribution in [2.45, 2.75) is 31.7 Å². The third-order valence-electron chi connectivity index (χ3n) is 4.19. The Hall–Kier alpha value is -1.67. The number of nitrogens with one attached hydrogen (secondary N) is 1. The molecule has 1 atom stereocenters. The topological polar surface area (TPSA) is 64.0 Å². The fourth-order valence-electron chi connectivity index (χ4n) is 2.90. The number of halogens is 1. The van der Waals surface area contributed by atoms with Crippen molar-refractivity contribution in [2.24, 2.45) is 0 Å². The van der Waals surface area contributed by atoms with E-state index in [1.807, 2.05) is 42.1 Å². The molecule has 0 spiro atoms. The predicted octanol–water partition coefficient (Wildman–Crippen LogP) is 4.09. The zero-order valence-corrected chi connectivity index (χ0v) is 17.1. The van der Waals surface area contributed by atoms with Crippen molar-refractivity contribution in [1.29, 1.82) is 0 Å². The Kier molecular flexibility index (Phi) is 5.53. The molecule has 0 saturated carbocycles. The minimum absolute atomic E-state index is 0.197. The molecule has 5 nitrogen and oxygen atoms in total. The van der Waals surface area contributed by atoms with E-state index in [2.05, 4.69) is 9.82 Å². The average molecular weight is 410 g/mol. The lowest BCUT2D eigenvalue weighted by Gasteiger charge is -2.19. The van der Waals surface area contributed by atoms with Crippen LogP contribution >= 0.6 is 22.9 Å². The van der Waals surface area contributed by atoms with Gasteiger partial charge in [-0.25, -0.2) is 13.1 Å². The molecule has 1 aromatic carbocycles. The Morgan fingerprint density at radius 1 is 1.23 bits per heavy atom. The van der Waals surface area contributed by atoms with Crippen molar-refractivity contribution in [2.75, 3.05) is 6.54 Å². The minimum atomic E-state index is -3.68. The molecule has 3 aromatic rings. The first kappa shape index (κ1) is 19.1. The third-order valence-corrected chi connectivity index (χ3v) is 7.14. The van der Waals surface area contributed by atoms with Crippen LogP contribution in [0.4, 0.5) is 0 Å². The Morgan fingerprint density at radius 3 is 2.62 bits per heavy atom. The van der Waals surface area contributed by atoms with Gasteiger partial charge in [0, 0.05) is 22.1 Å². The summed E-state index contributed by atoms with van der Waals surface area (Å²) >= 11 is 7.66. The number of aryl methyl sites for hydroxylation is 2. The van der Waals surface area contributed by atoms with Crippen molar-refractivity contribution >= 4 is 33.0 Å². The van der Waals surface area contributed by atoms with E-state index in [1.54, 1.807) is 36.5 Å². The van der Waals surface area contributed by atoms with Gasteiger partial charge in [-0.15, -0.1) is 11.3 Å². The summed E-state index contributed by atoms with van der Waals surface area (Å²) in [5.41, 5.74) is 2.43. The molecule has 2 heterocycles. The summed E-state index contributed by atoms with van der Waals surface area (Å²) in [4.78, 5) is 1.24. The maximum absolute atomic E-state index is 12.8. The van der Waals surface area contributed by atoms with Crippen molar-refractivity contribution < 1.29 is 8.42 Å². The average Bonchev–Trinajstić information content (AvgIpc) is 3.20. The molecule has 0 radical (unpaired) electrons. The van der Waals surface area contributed by atoms with Crippen molar-refractivity contribution in [1.82, 2.24) is 14.5 Å². The lowest BCUT2D eigenvalue weighted by Crippen LogP contribution is -2.32. The van der Waals surface area contributed by atoms with Crippen molar-refractivity contribution in [3.63, 3.8) is 0 Å². The van der Waals surface area contributed by atoms with Crippen molar-refractivity contribution in [3.8, 4) is 0 Å². The molecule has 26 heavy (non-hydrogen) atoms.